The molecular weight excluding hydrogens is 178 g/mol. The molecule has 0 aromatic rings. The summed E-state index contributed by atoms with van der Waals surface area (Å²) in [6, 6.07) is -1.03. The minimum Gasteiger partial charge on any atom is -0.481 e. The lowest BCUT2D eigenvalue weighted by molar-refractivity contribution is -0.140. The zero-order chi connectivity index (χ0) is 10.3. The van der Waals surface area contributed by atoms with Crippen LogP contribution in [0.15, 0.2) is 6.26 Å². The Bertz CT molecular complexity index is 243. The van der Waals surface area contributed by atoms with Crippen molar-refractivity contribution in [3.05, 3.63) is 6.26 Å². The molecule has 0 aromatic heterocycles. The van der Waals surface area contributed by atoms with Crippen LogP contribution < -0.4 is 5.73 Å². The Balaban J connectivity index is 3.81. The van der Waals surface area contributed by atoms with Crippen LogP contribution in [0.4, 0.5) is 0 Å². The minimum atomic E-state index is -1.05. The van der Waals surface area contributed by atoms with Gasteiger partial charge in [0.15, 0.2) is 12.2 Å². The van der Waals surface area contributed by atoms with E-state index in [-0.39, 0.29) is 12.8 Å². The molecule has 0 aliphatic heterocycles. The van der Waals surface area contributed by atoms with Gasteiger partial charge >= 0.3 is 11.9 Å². The van der Waals surface area contributed by atoms with Crippen molar-refractivity contribution in [2.75, 3.05) is 0 Å². The van der Waals surface area contributed by atoms with E-state index < -0.39 is 18.0 Å². The first-order valence-corrected chi connectivity index (χ1v) is 3.45. The Labute approximate surface area is 74.0 Å². The molecule has 0 rings (SSSR count). The van der Waals surface area contributed by atoms with E-state index in [2.05, 4.69) is 4.74 Å². The van der Waals surface area contributed by atoms with Gasteiger partial charge in [0, 0.05) is 6.42 Å². The summed E-state index contributed by atoms with van der Waals surface area (Å²) in [4.78, 5) is 30.4. The van der Waals surface area contributed by atoms with Crippen LogP contribution in [0.2, 0.25) is 0 Å². The molecule has 0 aromatic carbocycles. The van der Waals surface area contributed by atoms with Gasteiger partial charge in [-0.1, -0.05) is 0 Å². The zero-order valence-electron chi connectivity index (χ0n) is 6.73. The van der Waals surface area contributed by atoms with Gasteiger partial charge in [-0.05, 0) is 6.42 Å². The first-order chi connectivity index (χ1) is 6.07. The molecule has 0 spiro atoms. The molecule has 0 bridgehead atoms. The van der Waals surface area contributed by atoms with E-state index in [1.165, 1.54) is 5.94 Å². The number of carbonyl (C=O) groups is 2. The minimum absolute atomic E-state index is 0.0269. The number of rotatable bonds is 5. The largest absolute Gasteiger partial charge is 0.481 e. The van der Waals surface area contributed by atoms with Crippen molar-refractivity contribution in [2.24, 2.45) is 5.73 Å². The first-order valence-electron chi connectivity index (χ1n) is 3.45. The molecule has 0 amide bonds. The number of ether oxygens (including phenoxy) is 1. The van der Waals surface area contributed by atoms with Crippen molar-refractivity contribution in [1.82, 2.24) is 0 Å². The van der Waals surface area contributed by atoms with Crippen LogP contribution in [0.5, 0.6) is 0 Å². The molecule has 72 valence electrons. The van der Waals surface area contributed by atoms with Crippen molar-refractivity contribution in [1.29, 1.82) is 0 Å². The highest BCUT2D eigenvalue weighted by atomic mass is 16.5. The maximum Gasteiger partial charge on any atom is 0.328 e. The summed E-state index contributed by atoms with van der Waals surface area (Å²) in [5.74, 6) is -0.662. The van der Waals surface area contributed by atoms with Crippen LogP contribution in [0.3, 0.4) is 0 Å². The van der Waals surface area contributed by atoms with Gasteiger partial charge < -0.3 is 15.6 Å². The maximum absolute atomic E-state index is 10.8. The highest BCUT2D eigenvalue weighted by molar-refractivity contribution is 5.77. The van der Waals surface area contributed by atoms with Gasteiger partial charge in [-0.25, -0.2) is 9.59 Å². The number of carbonyl (C=O) groups excluding carboxylic acids is 2. The summed E-state index contributed by atoms with van der Waals surface area (Å²) in [5.41, 5.74) is 5.22. The monoisotopic (exact) mass is 187 g/mol. The second kappa shape index (κ2) is 5.93. The number of hydrogen-bond donors (Lipinski definition) is 2. The van der Waals surface area contributed by atoms with Gasteiger partial charge in [-0.15, -0.1) is 0 Å². The molecule has 0 radical (unpaired) electrons. The van der Waals surface area contributed by atoms with Gasteiger partial charge in [-0.2, -0.15) is 0 Å². The van der Waals surface area contributed by atoms with Crippen LogP contribution >= 0.6 is 0 Å². The van der Waals surface area contributed by atoms with Crippen LogP contribution in [0, 0.1) is 0 Å². The van der Waals surface area contributed by atoms with E-state index in [0.29, 0.717) is 6.26 Å². The Hall–Kier alpha value is -1.65. The average Bonchev–Trinajstić information content (AvgIpc) is 2.10. The standard InChI is InChI=1S/C7H9NO5/c8-5(1-2-6(10)11)7(12)13-4-3-9/h4-5H,1-2,8H2,(H,10,11). The van der Waals surface area contributed by atoms with E-state index in [1.807, 2.05) is 0 Å². The highest BCUT2D eigenvalue weighted by Gasteiger charge is 2.15. The molecule has 13 heavy (non-hydrogen) atoms. The Morgan fingerprint density at radius 3 is 2.69 bits per heavy atom. The van der Waals surface area contributed by atoms with Crippen molar-refractivity contribution in [3.63, 3.8) is 0 Å². The second-order valence-electron chi connectivity index (χ2n) is 2.21. The fourth-order valence-corrected chi connectivity index (χ4v) is 0.566. The molecule has 0 saturated carbocycles. The van der Waals surface area contributed by atoms with E-state index in [4.69, 9.17) is 10.8 Å². The maximum atomic E-state index is 10.8. The molecular formula is C7H9NO5. The SMILES string of the molecule is NC(CCC(=O)O)C(=O)OC=C=O. The van der Waals surface area contributed by atoms with Crippen LogP contribution in [0.1, 0.15) is 12.8 Å². The summed E-state index contributed by atoms with van der Waals surface area (Å²) in [5, 5.41) is 8.24. The lowest BCUT2D eigenvalue weighted by Crippen LogP contribution is -2.31. The topological polar surface area (TPSA) is 107 Å². The third-order valence-electron chi connectivity index (χ3n) is 1.20. The van der Waals surface area contributed by atoms with Crippen molar-refractivity contribution >= 4 is 17.9 Å². The normalized spacial score (nSPS) is 11.2. The third kappa shape index (κ3) is 5.60. The predicted octanol–water partition coefficient (Wildman–Crippen LogP) is -0.933. The van der Waals surface area contributed by atoms with Gasteiger partial charge in [0.1, 0.15) is 6.04 Å². The van der Waals surface area contributed by atoms with Gasteiger partial charge in [0.2, 0.25) is 0 Å². The van der Waals surface area contributed by atoms with Crippen LogP contribution in [-0.4, -0.2) is 29.0 Å². The van der Waals surface area contributed by atoms with E-state index in [0.717, 1.165) is 0 Å². The number of carboxylic acid groups (broad SMARTS) is 1. The number of esters is 1. The predicted molar refractivity (Wildman–Crippen MR) is 41.2 cm³/mol. The van der Waals surface area contributed by atoms with Crippen LogP contribution in [-0.2, 0) is 19.1 Å². The van der Waals surface area contributed by atoms with Gasteiger partial charge in [0.05, 0.1) is 0 Å². The molecule has 0 saturated heterocycles. The summed E-state index contributed by atoms with van der Waals surface area (Å²) in [6.07, 6.45) is 0.283. The van der Waals surface area contributed by atoms with Crippen molar-refractivity contribution in [2.45, 2.75) is 18.9 Å². The average molecular weight is 187 g/mol. The molecule has 0 heterocycles. The number of aliphatic carboxylic acids is 1. The molecule has 0 fully saturated rings. The zero-order valence-corrected chi connectivity index (χ0v) is 6.73. The van der Waals surface area contributed by atoms with Crippen molar-refractivity contribution < 1.29 is 24.2 Å². The van der Waals surface area contributed by atoms with Gasteiger partial charge in [-0.3, -0.25) is 4.79 Å². The highest BCUT2D eigenvalue weighted by Crippen LogP contribution is 1.96. The summed E-state index contributed by atoms with van der Waals surface area (Å²) in [7, 11) is 0. The van der Waals surface area contributed by atoms with E-state index in [1.54, 1.807) is 0 Å². The fraction of sp³-hybridized carbons (Fsp3) is 0.429. The second-order valence-corrected chi connectivity index (χ2v) is 2.21. The Morgan fingerprint density at radius 2 is 2.23 bits per heavy atom. The molecule has 1 unspecified atom stereocenters. The molecule has 0 aliphatic rings. The number of nitrogens with two attached hydrogens (primary N) is 1. The number of hydrogen-bond acceptors (Lipinski definition) is 5. The number of carboxylic acids is 1. The Morgan fingerprint density at radius 1 is 1.62 bits per heavy atom. The Kier molecular flexibility index (Phi) is 5.18. The molecule has 6 heteroatoms. The first kappa shape index (κ1) is 11.4. The molecule has 0 aliphatic carbocycles. The summed E-state index contributed by atoms with van der Waals surface area (Å²) in [6.45, 7) is 0. The van der Waals surface area contributed by atoms with Crippen molar-refractivity contribution in [3.8, 4) is 0 Å². The summed E-state index contributed by atoms with van der Waals surface area (Å²) >= 11 is 0. The van der Waals surface area contributed by atoms with Gasteiger partial charge in [0.25, 0.3) is 0 Å². The molecule has 3 N–H and O–H groups in total. The lowest BCUT2D eigenvalue weighted by Gasteiger charge is -2.05. The molecule has 1 atom stereocenters. The fourth-order valence-electron chi connectivity index (χ4n) is 0.566. The molecule has 6 nitrogen and oxygen atoms in total. The van der Waals surface area contributed by atoms with E-state index in [9.17, 15) is 14.4 Å². The summed E-state index contributed by atoms with van der Waals surface area (Å²) < 4.78 is 4.18. The van der Waals surface area contributed by atoms with E-state index >= 15 is 0 Å². The van der Waals surface area contributed by atoms with Crippen LogP contribution in [0.25, 0.3) is 0 Å². The quantitative estimate of drug-likeness (QED) is 0.327. The lowest BCUT2D eigenvalue weighted by atomic mass is 10.2. The smallest absolute Gasteiger partial charge is 0.328 e. The third-order valence-corrected chi connectivity index (χ3v) is 1.20.